The molecule has 2 aromatic heterocycles. The van der Waals surface area contributed by atoms with Crippen LogP contribution in [0.3, 0.4) is 0 Å². The van der Waals surface area contributed by atoms with Gasteiger partial charge in [0.2, 0.25) is 5.95 Å². The maximum absolute atomic E-state index is 13.2. The third-order valence-corrected chi connectivity index (χ3v) is 4.59. The minimum Gasteiger partial charge on any atom is -0.358 e. The average Bonchev–Trinajstić information content (AvgIpc) is 2.67. The van der Waals surface area contributed by atoms with Gasteiger partial charge in [0.05, 0.1) is 0 Å². The number of hydrogen-bond donors (Lipinski definition) is 2. The lowest BCUT2D eigenvalue weighted by molar-refractivity contribution is -0.141. The second kappa shape index (κ2) is 9.14. The van der Waals surface area contributed by atoms with E-state index >= 15 is 0 Å². The molecule has 0 unspecified atom stereocenters. The molecule has 0 amide bonds. The maximum Gasteiger partial charge on any atom is 0.433 e. The summed E-state index contributed by atoms with van der Waals surface area (Å²) in [5.74, 6) is -0.264. The average molecular weight is 436 g/mol. The van der Waals surface area contributed by atoms with E-state index in [4.69, 9.17) is 12.2 Å². The smallest absolute Gasteiger partial charge is 0.358 e. The third-order valence-electron chi connectivity index (χ3n) is 3.53. The van der Waals surface area contributed by atoms with E-state index in [-0.39, 0.29) is 21.2 Å². The van der Waals surface area contributed by atoms with Gasteiger partial charge in [-0.15, -0.1) is 0 Å². The maximum atomic E-state index is 13.2. The van der Waals surface area contributed by atoms with Crippen LogP contribution in [0.15, 0.2) is 59.0 Å². The van der Waals surface area contributed by atoms with Crippen LogP contribution < -0.4 is 10.6 Å². The number of nitrogens with zero attached hydrogens (tertiary/aromatic N) is 4. The lowest BCUT2D eigenvalue weighted by Gasteiger charge is -2.13. The van der Waals surface area contributed by atoms with Gasteiger partial charge in [-0.2, -0.15) is 13.2 Å². The zero-order chi connectivity index (χ0) is 20.9. The van der Waals surface area contributed by atoms with Crippen LogP contribution in [0.4, 0.5) is 19.1 Å². The van der Waals surface area contributed by atoms with E-state index in [0.29, 0.717) is 6.54 Å². The van der Waals surface area contributed by atoms with Crippen molar-refractivity contribution in [3.8, 4) is 0 Å². The molecule has 0 aliphatic carbocycles. The lowest BCUT2D eigenvalue weighted by atomic mass is 10.1. The molecule has 0 bridgehead atoms. The van der Waals surface area contributed by atoms with Gasteiger partial charge in [-0.25, -0.2) is 19.9 Å². The molecule has 3 aromatic rings. The van der Waals surface area contributed by atoms with Gasteiger partial charge in [0.15, 0.2) is 16.0 Å². The summed E-state index contributed by atoms with van der Waals surface area (Å²) in [5.41, 5.74) is 1.01. The fourth-order valence-electron chi connectivity index (χ4n) is 2.14. The molecule has 6 nitrogen and oxygen atoms in total. The molecule has 150 valence electrons. The Kier molecular flexibility index (Phi) is 6.60. The normalized spacial score (nSPS) is 11.2. The molecule has 0 saturated carbocycles. The molecule has 2 N–H and O–H groups in total. The molecule has 1 aromatic carbocycles. The zero-order valence-electron chi connectivity index (χ0n) is 15.1. The highest BCUT2D eigenvalue weighted by atomic mass is 32.2. The molecule has 29 heavy (non-hydrogen) atoms. The molecule has 0 atom stereocenters. The van der Waals surface area contributed by atoms with Crippen molar-refractivity contribution in [2.45, 2.75) is 29.8 Å². The van der Waals surface area contributed by atoms with Crippen molar-refractivity contribution >= 4 is 35.0 Å². The van der Waals surface area contributed by atoms with Gasteiger partial charge in [0.1, 0.15) is 5.03 Å². The van der Waals surface area contributed by atoms with Crippen molar-refractivity contribution in [3.63, 3.8) is 0 Å². The summed E-state index contributed by atoms with van der Waals surface area (Å²) in [7, 11) is 0. The van der Waals surface area contributed by atoms with E-state index in [2.05, 4.69) is 30.6 Å². The van der Waals surface area contributed by atoms with Crippen LogP contribution in [0, 0.1) is 6.92 Å². The lowest BCUT2D eigenvalue weighted by Crippen LogP contribution is -2.29. The number of aryl methyl sites for hydroxylation is 1. The summed E-state index contributed by atoms with van der Waals surface area (Å²) in [6, 6.07) is 10.2. The van der Waals surface area contributed by atoms with Crippen molar-refractivity contribution in [1.82, 2.24) is 25.3 Å². The van der Waals surface area contributed by atoms with Gasteiger partial charge in [-0.3, -0.25) is 0 Å². The van der Waals surface area contributed by atoms with Crippen molar-refractivity contribution in [2.75, 3.05) is 5.32 Å². The van der Waals surface area contributed by atoms with E-state index in [0.717, 1.165) is 29.0 Å². The zero-order valence-corrected chi connectivity index (χ0v) is 16.7. The molecule has 3 rings (SSSR count). The first kappa shape index (κ1) is 20.9. The molecule has 11 heteroatoms. The Labute approximate surface area is 174 Å². The molecule has 2 heterocycles. The van der Waals surface area contributed by atoms with Crippen molar-refractivity contribution in [3.05, 3.63) is 65.6 Å². The van der Waals surface area contributed by atoms with Crippen molar-refractivity contribution in [1.29, 1.82) is 0 Å². The van der Waals surface area contributed by atoms with Gasteiger partial charge < -0.3 is 10.6 Å². The van der Waals surface area contributed by atoms with E-state index in [9.17, 15) is 13.2 Å². The minimum atomic E-state index is -4.64. The topological polar surface area (TPSA) is 75.6 Å². The number of benzene rings is 1. The van der Waals surface area contributed by atoms with Crippen molar-refractivity contribution < 1.29 is 13.2 Å². The summed E-state index contributed by atoms with van der Waals surface area (Å²) < 4.78 is 39.7. The number of hydrogen-bond acceptors (Lipinski definition) is 6. The number of halogens is 3. The number of rotatable bonds is 5. The molecule has 0 spiro atoms. The van der Waals surface area contributed by atoms with Gasteiger partial charge in [0, 0.05) is 25.0 Å². The molecular weight excluding hydrogens is 421 g/mol. The Morgan fingerprint density at radius 1 is 1.10 bits per heavy atom. The van der Waals surface area contributed by atoms with E-state index in [1.54, 1.807) is 6.07 Å². The van der Waals surface area contributed by atoms with E-state index in [1.807, 2.05) is 31.2 Å². The molecule has 0 aliphatic rings. The number of anilines is 1. The quantitative estimate of drug-likeness (QED) is 0.350. The highest BCUT2D eigenvalue weighted by Gasteiger charge is 2.34. The van der Waals surface area contributed by atoms with Gasteiger partial charge in [-0.1, -0.05) is 29.8 Å². The summed E-state index contributed by atoms with van der Waals surface area (Å²) >= 11 is 6.05. The number of nitrogens with one attached hydrogen (secondary N) is 2. The Bertz CT molecular complexity index is 981. The third kappa shape index (κ3) is 6.36. The number of aromatic nitrogens is 4. The number of thiocarbonyl (C=S) groups is 1. The van der Waals surface area contributed by atoms with Gasteiger partial charge in [-0.05, 0) is 42.5 Å². The van der Waals surface area contributed by atoms with Crippen LogP contribution in [-0.4, -0.2) is 25.0 Å². The van der Waals surface area contributed by atoms with Gasteiger partial charge >= 0.3 is 6.18 Å². The SMILES string of the molecule is Cc1ccc(CNC(=S)Nc2nc(Sc3ncccn3)cc(C(F)(F)F)n2)cc1. The predicted molar refractivity (Wildman–Crippen MR) is 107 cm³/mol. The van der Waals surface area contributed by atoms with Crippen LogP contribution in [0.25, 0.3) is 0 Å². The number of alkyl halides is 3. The minimum absolute atomic E-state index is 0.0439. The highest BCUT2D eigenvalue weighted by Crippen LogP contribution is 2.32. The summed E-state index contributed by atoms with van der Waals surface area (Å²) in [5, 5.41) is 5.95. The molecule has 0 saturated heterocycles. The summed E-state index contributed by atoms with van der Waals surface area (Å²) in [6.07, 6.45) is -1.65. The standard InChI is InChI=1S/C18H15F3N6S2/c1-11-3-5-12(6-4-11)10-24-16(28)27-15-25-13(18(19,20)21)9-14(26-15)29-17-22-7-2-8-23-17/h2-9H,10H2,1H3,(H2,24,25,26,27,28). The van der Waals surface area contributed by atoms with Crippen LogP contribution in [0.1, 0.15) is 16.8 Å². The second-order valence-electron chi connectivity index (χ2n) is 5.84. The Balaban J connectivity index is 1.73. The van der Waals surface area contributed by atoms with Crippen LogP contribution in [0.2, 0.25) is 0 Å². The first-order valence-corrected chi connectivity index (χ1v) is 9.53. The first-order valence-electron chi connectivity index (χ1n) is 8.31. The van der Waals surface area contributed by atoms with Gasteiger partial charge in [0.25, 0.3) is 0 Å². The van der Waals surface area contributed by atoms with E-state index < -0.39 is 11.9 Å². The fourth-order valence-corrected chi connectivity index (χ4v) is 3.02. The Hall–Kier alpha value is -2.79. The van der Waals surface area contributed by atoms with E-state index in [1.165, 1.54) is 12.4 Å². The Morgan fingerprint density at radius 3 is 2.45 bits per heavy atom. The first-order chi connectivity index (χ1) is 13.8. The molecule has 0 aliphatic heterocycles. The monoisotopic (exact) mass is 436 g/mol. The fraction of sp³-hybridized carbons (Fsp3) is 0.167. The van der Waals surface area contributed by atoms with Crippen LogP contribution in [0.5, 0.6) is 0 Å². The van der Waals surface area contributed by atoms with Crippen LogP contribution in [-0.2, 0) is 12.7 Å². The predicted octanol–water partition coefficient (Wildman–Crippen LogP) is 4.23. The summed E-state index contributed by atoms with van der Waals surface area (Å²) in [4.78, 5) is 15.6. The highest BCUT2D eigenvalue weighted by molar-refractivity contribution is 7.99. The molecule has 0 fully saturated rings. The Morgan fingerprint density at radius 2 is 1.79 bits per heavy atom. The van der Waals surface area contributed by atoms with Crippen molar-refractivity contribution in [2.24, 2.45) is 0 Å². The second-order valence-corrected chi connectivity index (χ2v) is 7.24. The molecule has 0 radical (unpaired) electrons. The summed E-state index contributed by atoms with van der Waals surface area (Å²) in [6.45, 7) is 2.38. The van der Waals surface area contributed by atoms with Crippen LogP contribution >= 0.6 is 24.0 Å². The molecular formula is C18H15F3N6S2. The largest absolute Gasteiger partial charge is 0.433 e.